The highest BCUT2D eigenvalue weighted by Gasteiger charge is 2.49. The van der Waals surface area contributed by atoms with E-state index in [9.17, 15) is 14.4 Å². The number of nitriles is 1. The number of imidazole rings is 1. The van der Waals surface area contributed by atoms with Gasteiger partial charge in [0.15, 0.2) is 6.23 Å². The molecule has 1 saturated heterocycles. The molecule has 0 bridgehead atoms. The van der Waals surface area contributed by atoms with Crippen LogP contribution in [0, 0.1) is 18.3 Å². The van der Waals surface area contributed by atoms with Gasteiger partial charge in [0.25, 0.3) is 14.1 Å². The fraction of sp³-hybridized carbons (Fsp3) is 0.606. The van der Waals surface area contributed by atoms with Gasteiger partial charge in [-0.15, -0.1) is 0 Å². The number of carbonyl (C=O) groups is 1. The number of aryl methyl sites for hydroxylation is 2. The molecular formula is C33H47N6O7P. The normalized spacial score (nSPS) is 20.4. The number of para-hydroxylation sites is 2. The second-order valence-corrected chi connectivity index (χ2v) is 13.6. The van der Waals surface area contributed by atoms with E-state index in [1.165, 1.54) is 10.8 Å². The summed E-state index contributed by atoms with van der Waals surface area (Å²) in [4.78, 5) is 44.9. The Balaban J connectivity index is 1.51. The zero-order valence-electron chi connectivity index (χ0n) is 28.1. The molecule has 0 aliphatic carbocycles. The first-order valence-electron chi connectivity index (χ1n) is 16.3. The number of rotatable bonds is 18. The largest absolute Gasteiger partial charge is 0.370 e. The van der Waals surface area contributed by atoms with Crippen LogP contribution in [0.1, 0.15) is 78.5 Å². The number of aromatic amines is 1. The van der Waals surface area contributed by atoms with Crippen molar-refractivity contribution < 1.29 is 23.3 Å². The van der Waals surface area contributed by atoms with Gasteiger partial charge in [-0.25, -0.2) is 14.4 Å². The van der Waals surface area contributed by atoms with E-state index in [0.717, 1.165) is 11.0 Å². The highest BCUT2D eigenvalue weighted by molar-refractivity contribution is 7.44. The fourth-order valence-electron chi connectivity index (χ4n) is 5.81. The van der Waals surface area contributed by atoms with Gasteiger partial charge in [0.2, 0.25) is 0 Å². The Labute approximate surface area is 276 Å². The monoisotopic (exact) mass is 670 g/mol. The van der Waals surface area contributed by atoms with Crippen LogP contribution < -0.4 is 11.2 Å². The fourth-order valence-corrected chi connectivity index (χ4v) is 7.58. The summed E-state index contributed by atoms with van der Waals surface area (Å²) in [6, 6.07) is 10.1. The maximum absolute atomic E-state index is 13.0. The van der Waals surface area contributed by atoms with E-state index in [-0.39, 0.29) is 43.9 Å². The number of Topliss-reactive ketones (excluding diaryl/α,β-unsaturated/α-hetero) is 1. The summed E-state index contributed by atoms with van der Waals surface area (Å²) in [6.45, 7) is 12.7. The van der Waals surface area contributed by atoms with Gasteiger partial charge in [0.1, 0.15) is 18.0 Å². The van der Waals surface area contributed by atoms with Crippen molar-refractivity contribution in [2.75, 3.05) is 13.2 Å². The maximum atomic E-state index is 13.0. The van der Waals surface area contributed by atoms with Gasteiger partial charge in [-0.05, 0) is 59.6 Å². The molecule has 4 rings (SSSR count). The van der Waals surface area contributed by atoms with E-state index >= 15 is 0 Å². The first-order valence-corrected chi connectivity index (χ1v) is 17.4. The number of benzene rings is 1. The Morgan fingerprint density at radius 1 is 1.15 bits per heavy atom. The third-order valence-corrected chi connectivity index (χ3v) is 10.2. The molecule has 1 fully saturated rings. The van der Waals surface area contributed by atoms with E-state index in [4.69, 9.17) is 23.8 Å². The lowest BCUT2D eigenvalue weighted by molar-refractivity contribution is -0.122. The van der Waals surface area contributed by atoms with Crippen LogP contribution in [0.3, 0.4) is 0 Å². The summed E-state index contributed by atoms with van der Waals surface area (Å²) < 4.78 is 31.2. The van der Waals surface area contributed by atoms with Crippen LogP contribution in [0.5, 0.6) is 0 Å². The average Bonchev–Trinajstić information content (AvgIpc) is 3.59. The van der Waals surface area contributed by atoms with Gasteiger partial charge in [-0.3, -0.25) is 19.1 Å². The molecule has 14 heteroatoms. The molecule has 1 aliphatic rings. The van der Waals surface area contributed by atoms with Crippen molar-refractivity contribution in [3.05, 3.63) is 63.2 Å². The van der Waals surface area contributed by atoms with Crippen molar-refractivity contribution in [2.24, 2.45) is 0 Å². The number of H-pyrrole nitrogens is 1. The molecule has 1 aliphatic heterocycles. The summed E-state index contributed by atoms with van der Waals surface area (Å²) in [5.74, 6) is 0.0549. The topological polar surface area (TPSA) is 154 Å². The molecule has 2 unspecified atom stereocenters. The molecule has 47 heavy (non-hydrogen) atoms. The number of aromatic nitrogens is 4. The van der Waals surface area contributed by atoms with Gasteiger partial charge in [-0.1, -0.05) is 19.1 Å². The molecule has 3 heterocycles. The van der Waals surface area contributed by atoms with E-state index in [1.807, 2.05) is 35.8 Å². The predicted molar refractivity (Wildman–Crippen MR) is 179 cm³/mol. The molecule has 2 aromatic heterocycles. The SMILES string of the molecule is CC[C@H]1O[C@@H](n2cc(C)c(=O)[nH]c2=O)[C@@H](OCCC(=O)CCCn2cnc3ccccc32)C1OP(OCCC#N)N(C(C)C)C(C)C. The summed E-state index contributed by atoms with van der Waals surface area (Å²) in [5, 5.41) is 9.15. The van der Waals surface area contributed by atoms with Crippen molar-refractivity contribution in [2.45, 2.75) is 117 Å². The molecule has 0 radical (unpaired) electrons. The standard InChI is InChI=1S/C33H47N6O7P/c1-7-28-29(46-47(44-18-11-16-34)39(22(2)3)23(4)5)30(32(45-28)38-20-24(6)31(41)36-33(38)42)43-19-15-25(40)12-10-17-37-21-35-26-13-8-9-14-27(26)37/h8-9,13-14,20-23,28-30,32H,7,10-12,15,17-19H2,1-6H3,(H,36,41,42)/t28-,29?,30+,32-,47?/m1/s1. The molecule has 1 N–H and O–H groups in total. The molecule has 256 valence electrons. The first-order chi connectivity index (χ1) is 22.5. The van der Waals surface area contributed by atoms with Gasteiger partial charge in [0.05, 0.1) is 49.2 Å². The third-order valence-electron chi connectivity index (χ3n) is 8.06. The first kappa shape index (κ1) is 36.6. The van der Waals surface area contributed by atoms with E-state index in [1.54, 1.807) is 13.3 Å². The molecule has 5 atom stereocenters. The van der Waals surface area contributed by atoms with E-state index in [0.29, 0.717) is 31.4 Å². The van der Waals surface area contributed by atoms with Crippen molar-refractivity contribution in [1.82, 2.24) is 23.8 Å². The second kappa shape index (κ2) is 17.2. The van der Waals surface area contributed by atoms with Crippen molar-refractivity contribution >= 4 is 25.3 Å². The van der Waals surface area contributed by atoms with Crippen LogP contribution >= 0.6 is 8.53 Å². The second-order valence-electron chi connectivity index (χ2n) is 12.2. The number of carbonyl (C=O) groups excluding carboxylic acids is 1. The lowest BCUT2D eigenvalue weighted by Gasteiger charge is -2.38. The minimum atomic E-state index is -1.66. The van der Waals surface area contributed by atoms with Gasteiger partial charge in [0, 0.05) is 43.2 Å². The Hall–Kier alpha value is -3.24. The predicted octanol–water partition coefficient (Wildman–Crippen LogP) is 4.99. The van der Waals surface area contributed by atoms with Crippen LogP contribution in [-0.2, 0) is 29.9 Å². The summed E-state index contributed by atoms with van der Waals surface area (Å²) >= 11 is 0. The zero-order chi connectivity index (χ0) is 34.1. The zero-order valence-corrected chi connectivity index (χ0v) is 29.0. The molecule has 0 spiro atoms. The van der Waals surface area contributed by atoms with Crippen molar-refractivity contribution in [3.63, 3.8) is 0 Å². The van der Waals surface area contributed by atoms with Crippen LogP contribution in [0.15, 0.2) is 46.4 Å². The van der Waals surface area contributed by atoms with Gasteiger partial charge < -0.3 is 23.1 Å². The highest BCUT2D eigenvalue weighted by atomic mass is 31.2. The average molecular weight is 671 g/mol. The van der Waals surface area contributed by atoms with Crippen LogP contribution in [-0.4, -0.2) is 73.2 Å². The Morgan fingerprint density at radius 2 is 1.89 bits per heavy atom. The molecule has 3 aromatic rings. The minimum Gasteiger partial charge on any atom is -0.370 e. The van der Waals surface area contributed by atoms with Crippen LogP contribution in [0.4, 0.5) is 0 Å². The van der Waals surface area contributed by atoms with Crippen LogP contribution in [0.2, 0.25) is 0 Å². The molecule has 0 saturated carbocycles. The molecule has 0 amide bonds. The quantitative estimate of drug-likeness (QED) is 0.145. The number of nitrogens with one attached hydrogen (secondary N) is 1. The summed E-state index contributed by atoms with van der Waals surface area (Å²) in [7, 11) is -1.66. The Bertz CT molecular complexity index is 1620. The van der Waals surface area contributed by atoms with Gasteiger partial charge >= 0.3 is 5.69 Å². The van der Waals surface area contributed by atoms with E-state index < -0.39 is 44.3 Å². The summed E-state index contributed by atoms with van der Waals surface area (Å²) in [5.41, 5.74) is 1.19. The molecule has 13 nitrogen and oxygen atoms in total. The number of hydrogen-bond donors (Lipinski definition) is 1. The van der Waals surface area contributed by atoms with Crippen molar-refractivity contribution in [1.29, 1.82) is 5.26 Å². The highest BCUT2D eigenvalue weighted by Crippen LogP contribution is 2.50. The molecular weight excluding hydrogens is 623 g/mol. The number of hydrogen-bond acceptors (Lipinski definition) is 10. The number of ether oxygens (including phenoxy) is 2. The smallest absolute Gasteiger partial charge is 0.330 e. The lowest BCUT2D eigenvalue weighted by atomic mass is 10.1. The Kier molecular flexibility index (Phi) is 13.4. The number of fused-ring (bicyclic) bond motifs is 1. The van der Waals surface area contributed by atoms with Gasteiger partial charge in [-0.2, -0.15) is 5.26 Å². The van der Waals surface area contributed by atoms with Crippen molar-refractivity contribution in [3.8, 4) is 6.07 Å². The minimum absolute atomic E-state index is 0.0549. The number of ketones is 1. The Morgan fingerprint density at radius 3 is 2.60 bits per heavy atom. The third kappa shape index (κ3) is 9.22. The molecule has 1 aromatic carbocycles. The van der Waals surface area contributed by atoms with E-state index in [2.05, 4.69) is 48.4 Å². The van der Waals surface area contributed by atoms with Crippen LogP contribution in [0.25, 0.3) is 11.0 Å². The lowest BCUT2D eigenvalue weighted by Crippen LogP contribution is -2.42. The maximum Gasteiger partial charge on any atom is 0.330 e. The number of nitrogens with zero attached hydrogens (tertiary/aromatic N) is 5. The summed E-state index contributed by atoms with van der Waals surface area (Å²) in [6.07, 6.45) is 2.38.